The number of nitriles is 1. The molecule has 16 heavy (non-hydrogen) atoms. The van der Waals surface area contributed by atoms with E-state index in [0.717, 1.165) is 12.2 Å². The highest BCUT2D eigenvalue weighted by atomic mass is 16.6. The Kier molecular flexibility index (Phi) is 8.12. The Labute approximate surface area is 95.6 Å². The number of nitrogens with zero attached hydrogens (tertiary/aromatic N) is 1. The van der Waals surface area contributed by atoms with Crippen LogP contribution in [-0.2, 0) is 19.0 Å². The molecule has 0 amide bonds. The minimum absolute atomic E-state index is 0.0108. The summed E-state index contributed by atoms with van der Waals surface area (Å²) in [5.74, 6) is -0.545. The van der Waals surface area contributed by atoms with Crippen molar-refractivity contribution in [2.45, 2.75) is 26.1 Å². The maximum absolute atomic E-state index is 11.0. The number of ether oxygens (including phenoxy) is 3. The van der Waals surface area contributed by atoms with Crippen LogP contribution in [0.5, 0.6) is 0 Å². The van der Waals surface area contributed by atoms with Gasteiger partial charge in [-0.05, 0) is 13.8 Å². The molecule has 2 unspecified atom stereocenters. The highest BCUT2D eigenvalue weighted by Crippen LogP contribution is 1.97. The molecule has 0 aliphatic heterocycles. The Bertz CT molecular complexity index is 270. The number of rotatable bonds is 7. The first-order chi connectivity index (χ1) is 7.60. The molecule has 0 saturated carbocycles. The maximum atomic E-state index is 11.0. The molecule has 0 aromatic heterocycles. The lowest BCUT2D eigenvalue weighted by Gasteiger charge is -2.15. The van der Waals surface area contributed by atoms with Gasteiger partial charge in [0.15, 0.2) is 0 Å². The van der Waals surface area contributed by atoms with Gasteiger partial charge in [-0.1, -0.05) is 0 Å². The molecule has 90 valence electrons. The van der Waals surface area contributed by atoms with Crippen LogP contribution in [0.3, 0.4) is 0 Å². The summed E-state index contributed by atoms with van der Waals surface area (Å²) in [4.78, 5) is 11.0. The average Bonchev–Trinajstić information content (AvgIpc) is 2.30. The summed E-state index contributed by atoms with van der Waals surface area (Å²) < 4.78 is 15.2. The molecule has 0 spiro atoms. The third-order valence-electron chi connectivity index (χ3n) is 1.77. The molecule has 0 saturated heterocycles. The molecule has 5 nitrogen and oxygen atoms in total. The van der Waals surface area contributed by atoms with E-state index in [9.17, 15) is 4.79 Å². The smallest absolute Gasteiger partial charge is 0.331 e. The summed E-state index contributed by atoms with van der Waals surface area (Å²) in [5, 5.41) is 8.18. The lowest BCUT2D eigenvalue weighted by atomic mass is 10.4. The SMILES string of the molecule is COC(C)COC(C)COC(=O)C=CC#N. The van der Waals surface area contributed by atoms with Gasteiger partial charge in [-0.3, -0.25) is 0 Å². The van der Waals surface area contributed by atoms with Crippen molar-refractivity contribution in [2.24, 2.45) is 0 Å². The predicted molar refractivity (Wildman–Crippen MR) is 57.6 cm³/mol. The first kappa shape index (κ1) is 14.6. The normalized spacial score (nSPS) is 14.4. The molecule has 0 aliphatic carbocycles. The molecule has 0 aliphatic rings. The molecule has 2 atom stereocenters. The molecular formula is C11H17NO4. The van der Waals surface area contributed by atoms with Crippen LogP contribution < -0.4 is 0 Å². The van der Waals surface area contributed by atoms with Gasteiger partial charge in [0, 0.05) is 19.3 Å². The van der Waals surface area contributed by atoms with Gasteiger partial charge in [0.2, 0.25) is 0 Å². The van der Waals surface area contributed by atoms with Crippen molar-refractivity contribution in [2.75, 3.05) is 20.3 Å². The second-order valence-electron chi connectivity index (χ2n) is 3.28. The Hall–Kier alpha value is -1.38. The summed E-state index contributed by atoms with van der Waals surface area (Å²) in [5.41, 5.74) is 0. The summed E-state index contributed by atoms with van der Waals surface area (Å²) in [7, 11) is 1.60. The number of carbonyl (C=O) groups excluding carboxylic acids is 1. The molecule has 0 heterocycles. The summed E-state index contributed by atoms with van der Waals surface area (Å²) in [6.45, 7) is 4.28. The van der Waals surface area contributed by atoms with E-state index in [1.54, 1.807) is 20.1 Å². The van der Waals surface area contributed by atoms with Crippen molar-refractivity contribution in [1.82, 2.24) is 0 Å². The highest BCUT2D eigenvalue weighted by molar-refractivity contribution is 5.82. The van der Waals surface area contributed by atoms with Crippen LogP contribution in [0.2, 0.25) is 0 Å². The van der Waals surface area contributed by atoms with E-state index in [0.29, 0.717) is 6.61 Å². The van der Waals surface area contributed by atoms with E-state index < -0.39 is 5.97 Å². The van der Waals surface area contributed by atoms with Crippen LogP contribution in [-0.4, -0.2) is 38.5 Å². The molecule has 0 radical (unpaired) electrons. The van der Waals surface area contributed by atoms with Crippen LogP contribution in [0.1, 0.15) is 13.8 Å². The van der Waals surface area contributed by atoms with Gasteiger partial charge in [-0.15, -0.1) is 0 Å². The lowest BCUT2D eigenvalue weighted by molar-refractivity contribution is -0.142. The maximum Gasteiger partial charge on any atom is 0.331 e. The zero-order chi connectivity index (χ0) is 12.4. The molecule has 5 heteroatoms. The van der Waals surface area contributed by atoms with E-state index in [2.05, 4.69) is 0 Å². The topological polar surface area (TPSA) is 68.6 Å². The molecule has 0 N–H and O–H groups in total. The highest BCUT2D eigenvalue weighted by Gasteiger charge is 2.07. The van der Waals surface area contributed by atoms with Crippen LogP contribution in [0, 0.1) is 11.3 Å². The first-order valence-corrected chi connectivity index (χ1v) is 4.97. The largest absolute Gasteiger partial charge is 0.460 e. The second-order valence-corrected chi connectivity index (χ2v) is 3.28. The number of hydrogen-bond donors (Lipinski definition) is 0. The fourth-order valence-corrected chi connectivity index (χ4v) is 0.769. The standard InChI is InChI=1S/C11H17NO4/c1-9(14-3)7-15-10(2)8-16-11(13)5-4-6-12/h4-5,9-10H,7-8H2,1-3H3. The zero-order valence-corrected chi connectivity index (χ0v) is 9.80. The second kappa shape index (κ2) is 8.89. The van der Waals surface area contributed by atoms with Crippen molar-refractivity contribution >= 4 is 5.97 Å². The van der Waals surface area contributed by atoms with Crippen molar-refractivity contribution in [3.8, 4) is 6.07 Å². The Morgan fingerprint density at radius 1 is 1.38 bits per heavy atom. The van der Waals surface area contributed by atoms with E-state index in [1.807, 2.05) is 6.92 Å². The summed E-state index contributed by atoms with van der Waals surface area (Å²) in [6.07, 6.45) is 1.96. The summed E-state index contributed by atoms with van der Waals surface area (Å²) >= 11 is 0. The average molecular weight is 227 g/mol. The van der Waals surface area contributed by atoms with Crippen LogP contribution in [0.15, 0.2) is 12.2 Å². The summed E-state index contributed by atoms with van der Waals surface area (Å²) in [6, 6.07) is 1.70. The molecule has 0 rings (SSSR count). The predicted octanol–water partition coefficient (Wildman–Crippen LogP) is 1.05. The lowest BCUT2D eigenvalue weighted by Crippen LogP contribution is -2.23. The molecule has 0 aromatic carbocycles. The number of methoxy groups -OCH3 is 1. The Morgan fingerprint density at radius 2 is 2.06 bits per heavy atom. The minimum atomic E-state index is -0.545. The van der Waals surface area contributed by atoms with Crippen molar-refractivity contribution < 1.29 is 19.0 Å². The fraction of sp³-hybridized carbons (Fsp3) is 0.636. The van der Waals surface area contributed by atoms with Gasteiger partial charge < -0.3 is 14.2 Å². The van der Waals surface area contributed by atoms with Crippen LogP contribution in [0.25, 0.3) is 0 Å². The molecule has 0 aromatic rings. The molecular weight excluding hydrogens is 210 g/mol. The van der Waals surface area contributed by atoms with Crippen molar-refractivity contribution in [1.29, 1.82) is 5.26 Å². The minimum Gasteiger partial charge on any atom is -0.460 e. The quantitative estimate of drug-likeness (QED) is 0.369. The molecule has 0 bridgehead atoms. The van der Waals surface area contributed by atoms with E-state index in [1.165, 1.54) is 0 Å². The number of carbonyl (C=O) groups is 1. The van der Waals surface area contributed by atoms with Crippen molar-refractivity contribution in [3.63, 3.8) is 0 Å². The Morgan fingerprint density at radius 3 is 2.62 bits per heavy atom. The third-order valence-corrected chi connectivity index (χ3v) is 1.77. The number of allylic oxidation sites excluding steroid dienone is 1. The van der Waals surface area contributed by atoms with Crippen molar-refractivity contribution in [3.05, 3.63) is 12.2 Å². The van der Waals surface area contributed by atoms with E-state index in [4.69, 9.17) is 19.5 Å². The first-order valence-electron chi connectivity index (χ1n) is 4.97. The van der Waals surface area contributed by atoms with Gasteiger partial charge in [0.25, 0.3) is 0 Å². The van der Waals surface area contributed by atoms with Gasteiger partial charge in [-0.25, -0.2) is 4.79 Å². The third kappa shape index (κ3) is 7.97. The number of hydrogen-bond acceptors (Lipinski definition) is 5. The fourth-order valence-electron chi connectivity index (χ4n) is 0.769. The van der Waals surface area contributed by atoms with Gasteiger partial charge in [0.05, 0.1) is 24.9 Å². The van der Waals surface area contributed by atoms with E-state index >= 15 is 0 Å². The van der Waals surface area contributed by atoms with E-state index in [-0.39, 0.29) is 18.8 Å². The van der Waals surface area contributed by atoms with Gasteiger partial charge >= 0.3 is 5.97 Å². The van der Waals surface area contributed by atoms with Crippen LogP contribution in [0.4, 0.5) is 0 Å². The Balaban J connectivity index is 3.65. The monoisotopic (exact) mass is 227 g/mol. The molecule has 0 fully saturated rings. The van der Waals surface area contributed by atoms with Crippen LogP contribution >= 0.6 is 0 Å². The zero-order valence-electron chi connectivity index (χ0n) is 9.80. The number of esters is 1. The van der Waals surface area contributed by atoms with Gasteiger partial charge in [0.1, 0.15) is 6.61 Å². The van der Waals surface area contributed by atoms with Gasteiger partial charge in [-0.2, -0.15) is 5.26 Å².